The van der Waals surface area contributed by atoms with Gasteiger partial charge < -0.3 is 5.11 Å². The van der Waals surface area contributed by atoms with E-state index in [0.717, 1.165) is 16.5 Å². The Morgan fingerprint density at radius 3 is 2.55 bits per heavy atom. The van der Waals surface area contributed by atoms with Crippen LogP contribution in [0.2, 0.25) is 0 Å². The van der Waals surface area contributed by atoms with E-state index in [4.69, 9.17) is 0 Å². The highest BCUT2D eigenvalue weighted by atomic mass is 79.9. The van der Waals surface area contributed by atoms with Gasteiger partial charge in [-0.2, -0.15) is 0 Å². The molecular formula is C17H23BrO2S2. The van der Waals surface area contributed by atoms with Gasteiger partial charge in [0.15, 0.2) is 0 Å². The van der Waals surface area contributed by atoms with Gasteiger partial charge in [-0.15, -0.1) is 23.5 Å². The van der Waals surface area contributed by atoms with Crippen molar-refractivity contribution in [2.45, 2.75) is 43.6 Å². The Morgan fingerprint density at radius 2 is 2.00 bits per heavy atom. The highest BCUT2D eigenvalue weighted by Crippen LogP contribution is 2.45. The largest absolute Gasteiger partial charge is 0.481 e. The van der Waals surface area contributed by atoms with Crippen molar-refractivity contribution in [3.05, 3.63) is 33.8 Å². The zero-order valence-corrected chi connectivity index (χ0v) is 16.3. The van der Waals surface area contributed by atoms with Gasteiger partial charge in [-0.25, -0.2) is 0 Å². The molecule has 0 spiro atoms. The molecule has 0 aliphatic carbocycles. The van der Waals surface area contributed by atoms with Crippen LogP contribution in [0.25, 0.3) is 0 Å². The minimum atomic E-state index is -0.726. The summed E-state index contributed by atoms with van der Waals surface area (Å²) in [7, 11) is 0. The van der Waals surface area contributed by atoms with Gasteiger partial charge in [-0.3, -0.25) is 4.79 Å². The molecule has 0 aromatic heterocycles. The lowest BCUT2D eigenvalue weighted by molar-refractivity contribution is -0.139. The lowest BCUT2D eigenvalue weighted by Gasteiger charge is -2.23. The first-order valence-electron chi connectivity index (χ1n) is 7.74. The fourth-order valence-electron chi connectivity index (χ4n) is 2.56. The summed E-state index contributed by atoms with van der Waals surface area (Å²) in [6.07, 6.45) is 2.90. The Labute approximate surface area is 150 Å². The molecule has 2 nitrogen and oxygen atoms in total. The third kappa shape index (κ3) is 4.93. The summed E-state index contributed by atoms with van der Waals surface area (Å²) in [4.78, 5) is 11.6. The number of carbonyl (C=O) groups is 1. The second-order valence-corrected chi connectivity index (χ2v) is 9.65. The van der Waals surface area contributed by atoms with Crippen LogP contribution in [0.1, 0.15) is 54.7 Å². The van der Waals surface area contributed by atoms with Gasteiger partial charge in [-0.1, -0.05) is 41.9 Å². The van der Waals surface area contributed by atoms with Crippen LogP contribution in [0.15, 0.2) is 22.7 Å². The number of rotatable bonds is 6. The molecule has 1 unspecified atom stereocenters. The van der Waals surface area contributed by atoms with Gasteiger partial charge in [-0.05, 0) is 53.9 Å². The summed E-state index contributed by atoms with van der Waals surface area (Å²) < 4.78 is 1.42. The van der Waals surface area contributed by atoms with Gasteiger partial charge in [0.2, 0.25) is 0 Å². The SMILES string of the molecule is CC(C)CCC(C(=O)O)c1ccc(C2SCCCS2)cc1Br. The molecular weight excluding hydrogens is 380 g/mol. The number of benzene rings is 1. The second-order valence-electron chi connectivity index (χ2n) is 6.07. The van der Waals surface area contributed by atoms with Gasteiger partial charge in [0.25, 0.3) is 0 Å². The first-order valence-corrected chi connectivity index (χ1v) is 10.6. The summed E-state index contributed by atoms with van der Waals surface area (Å²) in [5.74, 6) is 1.80. The number of hydrogen-bond donors (Lipinski definition) is 1. The maximum absolute atomic E-state index is 11.6. The Bertz CT molecular complexity index is 513. The number of hydrogen-bond acceptors (Lipinski definition) is 3. The molecule has 1 fully saturated rings. The number of halogens is 1. The highest BCUT2D eigenvalue weighted by Gasteiger charge is 2.24. The van der Waals surface area contributed by atoms with Crippen molar-refractivity contribution in [1.82, 2.24) is 0 Å². The monoisotopic (exact) mass is 402 g/mol. The molecule has 0 bridgehead atoms. The van der Waals surface area contributed by atoms with Crippen LogP contribution in [0.3, 0.4) is 0 Å². The zero-order valence-electron chi connectivity index (χ0n) is 13.0. The molecule has 1 atom stereocenters. The summed E-state index contributed by atoms with van der Waals surface area (Å²) in [6.45, 7) is 4.27. The van der Waals surface area contributed by atoms with Crippen molar-refractivity contribution in [2.24, 2.45) is 5.92 Å². The average Bonchev–Trinajstić information content (AvgIpc) is 2.49. The highest BCUT2D eigenvalue weighted by molar-refractivity contribution is 9.10. The number of carboxylic acids is 1. The topological polar surface area (TPSA) is 37.3 Å². The Balaban J connectivity index is 2.17. The minimum absolute atomic E-state index is 0.419. The molecule has 2 rings (SSSR count). The van der Waals surface area contributed by atoms with Crippen molar-refractivity contribution in [2.75, 3.05) is 11.5 Å². The Morgan fingerprint density at radius 1 is 1.32 bits per heavy atom. The van der Waals surface area contributed by atoms with Crippen molar-refractivity contribution in [3.63, 3.8) is 0 Å². The van der Waals surface area contributed by atoms with Crippen LogP contribution in [0.5, 0.6) is 0 Å². The van der Waals surface area contributed by atoms with Crippen LogP contribution in [-0.2, 0) is 4.79 Å². The smallest absolute Gasteiger partial charge is 0.311 e. The summed E-state index contributed by atoms with van der Waals surface area (Å²) >= 11 is 7.58. The molecule has 1 saturated heterocycles. The molecule has 0 radical (unpaired) electrons. The third-order valence-electron chi connectivity index (χ3n) is 3.83. The van der Waals surface area contributed by atoms with Crippen LogP contribution in [0.4, 0.5) is 0 Å². The zero-order chi connectivity index (χ0) is 16.1. The molecule has 0 saturated carbocycles. The molecule has 1 aliphatic rings. The maximum atomic E-state index is 11.6. The van der Waals surface area contributed by atoms with Crippen LogP contribution in [-0.4, -0.2) is 22.6 Å². The first kappa shape index (κ1) is 18.2. The fraction of sp³-hybridized carbons (Fsp3) is 0.588. The quantitative estimate of drug-likeness (QED) is 0.640. The predicted molar refractivity (Wildman–Crippen MR) is 101 cm³/mol. The molecule has 122 valence electrons. The molecule has 1 heterocycles. The average molecular weight is 403 g/mol. The van der Waals surface area contributed by atoms with Crippen molar-refractivity contribution in [3.8, 4) is 0 Å². The minimum Gasteiger partial charge on any atom is -0.481 e. The normalized spacial score (nSPS) is 17.6. The van der Waals surface area contributed by atoms with Crippen molar-refractivity contribution in [1.29, 1.82) is 0 Å². The van der Waals surface area contributed by atoms with E-state index < -0.39 is 11.9 Å². The number of aliphatic carboxylic acids is 1. The van der Waals surface area contributed by atoms with Crippen molar-refractivity contribution < 1.29 is 9.90 Å². The lowest BCUT2D eigenvalue weighted by Crippen LogP contribution is -2.13. The van der Waals surface area contributed by atoms with E-state index in [9.17, 15) is 9.90 Å². The summed E-state index contributed by atoms with van der Waals surface area (Å²) in [6, 6.07) is 6.24. The van der Waals surface area contributed by atoms with Gasteiger partial charge >= 0.3 is 5.97 Å². The van der Waals surface area contributed by atoms with E-state index in [2.05, 4.69) is 41.9 Å². The van der Waals surface area contributed by atoms with E-state index in [0.29, 0.717) is 16.9 Å². The summed E-state index contributed by atoms with van der Waals surface area (Å²) in [5, 5.41) is 9.55. The van der Waals surface area contributed by atoms with E-state index in [1.807, 2.05) is 29.6 Å². The van der Waals surface area contributed by atoms with E-state index in [1.165, 1.54) is 23.5 Å². The molecule has 5 heteroatoms. The van der Waals surface area contributed by atoms with Crippen LogP contribution < -0.4 is 0 Å². The predicted octanol–water partition coefficient (Wildman–Crippen LogP) is 5.92. The van der Waals surface area contributed by atoms with Gasteiger partial charge in [0.1, 0.15) is 0 Å². The molecule has 1 aromatic rings. The standard InChI is InChI=1S/C17H23BrO2S2/c1-11(2)4-6-14(16(19)20)13-7-5-12(10-15(13)18)17-21-8-3-9-22-17/h5,7,10-11,14,17H,3-4,6,8-9H2,1-2H3,(H,19,20). The first-order chi connectivity index (χ1) is 10.5. The Hall–Kier alpha value is -0.130. The summed E-state index contributed by atoms with van der Waals surface area (Å²) in [5.41, 5.74) is 2.20. The lowest BCUT2D eigenvalue weighted by atomic mass is 9.91. The van der Waals surface area contributed by atoms with E-state index in [-0.39, 0.29) is 0 Å². The molecule has 1 N–H and O–H groups in total. The van der Waals surface area contributed by atoms with Gasteiger partial charge in [0, 0.05) is 4.47 Å². The number of thioether (sulfide) groups is 2. The van der Waals surface area contributed by atoms with Crippen LogP contribution >= 0.6 is 39.5 Å². The molecule has 1 aromatic carbocycles. The molecule has 1 aliphatic heterocycles. The Kier molecular flexibility index (Phi) is 7.16. The second kappa shape index (κ2) is 8.65. The molecule has 0 amide bonds. The van der Waals surface area contributed by atoms with Crippen molar-refractivity contribution >= 4 is 45.4 Å². The fourth-order valence-corrected chi connectivity index (χ4v) is 6.11. The van der Waals surface area contributed by atoms with E-state index in [1.54, 1.807) is 0 Å². The maximum Gasteiger partial charge on any atom is 0.311 e. The van der Waals surface area contributed by atoms with Gasteiger partial charge in [0.05, 0.1) is 10.5 Å². The van der Waals surface area contributed by atoms with Crippen LogP contribution in [0, 0.1) is 5.92 Å². The third-order valence-corrected chi connectivity index (χ3v) is 7.53. The van der Waals surface area contributed by atoms with E-state index >= 15 is 0 Å². The molecule has 22 heavy (non-hydrogen) atoms. The number of carboxylic acid groups (broad SMARTS) is 1.